The van der Waals surface area contributed by atoms with E-state index in [1.54, 1.807) is 18.5 Å². The number of halogens is 1. The largest absolute Gasteiger partial charge is 0.469 e. The summed E-state index contributed by atoms with van der Waals surface area (Å²) in [7, 11) is 0. The van der Waals surface area contributed by atoms with Crippen LogP contribution in [0.4, 0.5) is 15.9 Å². The van der Waals surface area contributed by atoms with Crippen LogP contribution in [0, 0.1) is 12.7 Å². The number of aromatic nitrogens is 2. The molecular formula is C21H21FN4O2. The number of rotatable bonds is 3. The van der Waals surface area contributed by atoms with Gasteiger partial charge in [-0.15, -0.1) is 0 Å². The highest BCUT2D eigenvalue weighted by atomic mass is 19.1. The van der Waals surface area contributed by atoms with Gasteiger partial charge < -0.3 is 15.1 Å². The van der Waals surface area contributed by atoms with E-state index in [4.69, 9.17) is 4.42 Å². The molecule has 0 saturated heterocycles. The molecule has 0 bridgehead atoms. The summed E-state index contributed by atoms with van der Waals surface area (Å²) < 4.78 is 19.0. The molecule has 1 aliphatic rings. The number of fused-ring (bicyclic) bond motifs is 1. The van der Waals surface area contributed by atoms with Gasteiger partial charge in [-0.1, -0.05) is 20.8 Å². The van der Waals surface area contributed by atoms with E-state index in [-0.39, 0.29) is 11.3 Å². The fraction of sp³-hybridized carbons (Fsp3) is 0.238. The number of carbonyl (C=O) groups excluding carboxylic acids is 1. The van der Waals surface area contributed by atoms with E-state index in [9.17, 15) is 9.18 Å². The lowest BCUT2D eigenvalue weighted by Gasteiger charge is -2.17. The Kier molecular flexibility index (Phi) is 4.10. The van der Waals surface area contributed by atoms with Crippen LogP contribution in [-0.2, 0) is 10.2 Å². The molecule has 1 amide bonds. The van der Waals surface area contributed by atoms with E-state index < -0.39 is 5.82 Å². The number of anilines is 2. The fourth-order valence-electron chi connectivity index (χ4n) is 3.31. The van der Waals surface area contributed by atoms with Crippen molar-refractivity contribution >= 4 is 23.0 Å². The Hall–Kier alpha value is -3.35. The second-order valence-corrected chi connectivity index (χ2v) is 7.84. The van der Waals surface area contributed by atoms with Crippen LogP contribution in [0.15, 0.2) is 41.1 Å². The standard InChI is InChI=1S/C21H21FN4O2/c1-11-19(15(10-28-11)21(2,3)4)17-8-18(26-25-17)23-9-14-13-6-5-12(22)7-16(13)24-20(14)27/h5-10H,1-4H3,(H,24,27)(H2,23,25,26). The number of nitrogens with one attached hydrogen (secondary N) is 3. The lowest BCUT2D eigenvalue weighted by molar-refractivity contribution is -0.110. The molecule has 144 valence electrons. The molecule has 28 heavy (non-hydrogen) atoms. The van der Waals surface area contributed by atoms with E-state index in [1.165, 1.54) is 12.1 Å². The van der Waals surface area contributed by atoms with E-state index in [0.717, 1.165) is 22.6 Å². The van der Waals surface area contributed by atoms with E-state index in [0.29, 0.717) is 22.6 Å². The Labute approximate surface area is 161 Å². The first-order valence-electron chi connectivity index (χ1n) is 8.96. The minimum absolute atomic E-state index is 0.0808. The van der Waals surface area contributed by atoms with E-state index in [2.05, 4.69) is 41.6 Å². The third-order valence-electron chi connectivity index (χ3n) is 4.75. The third-order valence-corrected chi connectivity index (χ3v) is 4.75. The van der Waals surface area contributed by atoms with Crippen LogP contribution in [0.2, 0.25) is 0 Å². The maximum Gasteiger partial charge on any atom is 0.257 e. The summed E-state index contributed by atoms with van der Waals surface area (Å²) in [6.45, 7) is 8.27. The Morgan fingerprint density at radius 2 is 2.04 bits per heavy atom. The number of hydrogen-bond donors (Lipinski definition) is 3. The molecule has 0 spiro atoms. The Morgan fingerprint density at radius 3 is 2.79 bits per heavy atom. The highest BCUT2D eigenvalue weighted by Gasteiger charge is 2.26. The summed E-state index contributed by atoms with van der Waals surface area (Å²) in [6, 6.07) is 6.08. The quantitative estimate of drug-likeness (QED) is 0.569. The SMILES string of the molecule is Cc1occ(C(C)(C)C)c1-c1cc(NC=C2C(=O)Nc3cc(F)ccc32)[nH]n1. The maximum atomic E-state index is 13.3. The van der Waals surface area contributed by atoms with Crippen molar-refractivity contribution in [3.63, 3.8) is 0 Å². The van der Waals surface area contributed by atoms with Crippen molar-refractivity contribution in [2.45, 2.75) is 33.1 Å². The second kappa shape index (κ2) is 6.37. The molecule has 0 unspecified atom stereocenters. The van der Waals surface area contributed by atoms with Crippen LogP contribution in [0.3, 0.4) is 0 Å². The van der Waals surface area contributed by atoms with Gasteiger partial charge in [0.25, 0.3) is 5.91 Å². The van der Waals surface area contributed by atoms with Crippen molar-refractivity contribution < 1.29 is 13.6 Å². The summed E-state index contributed by atoms with van der Waals surface area (Å²) in [5.41, 5.74) is 4.27. The number of furan rings is 1. The number of aryl methyl sites for hydroxylation is 1. The molecule has 0 radical (unpaired) electrons. The zero-order valence-corrected chi connectivity index (χ0v) is 16.1. The van der Waals surface area contributed by atoms with Crippen molar-refractivity contribution in [2.75, 3.05) is 10.6 Å². The summed E-state index contributed by atoms with van der Waals surface area (Å²) >= 11 is 0. The number of aromatic amines is 1. The van der Waals surface area contributed by atoms with Gasteiger partial charge in [0.15, 0.2) is 0 Å². The van der Waals surface area contributed by atoms with Crippen molar-refractivity contribution in [3.05, 3.63) is 59.4 Å². The van der Waals surface area contributed by atoms with Crippen molar-refractivity contribution in [1.29, 1.82) is 0 Å². The van der Waals surface area contributed by atoms with Gasteiger partial charge in [-0.25, -0.2) is 4.39 Å². The molecule has 0 atom stereocenters. The number of H-pyrrole nitrogens is 1. The molecule has 0 aliphatic carbocycles. The van der Waals surface area contributed by atoms with Gasteiger partial charge in [-0.2, -0.15) is 5.10 Å². The van der Waals surface area contributed by atoms with Gasteiger partial charge >= 0.3 is 0 Å². The van der Waals surface area contributed by atoms with E-state index in [1.807, 2.05) is 13.0 Å². The van der Waals surface area contributed by atoms with Crippen LogP contribution < -0.4 is 10.6 Å². The molecule has 1 aliphatic heterocycles. The Bertz CT molecular complexity index is 1100. The second-order valence-electron chi connectivity index (χ2n) is 7.84. The third kappa shape index (κ3) is 3.09. The average molecular weight is 380 g/mol. The molecule has 0 saturated carbocycles. The first-order valence-corrected chi connectivity index (χ1v) is 8.96. The van der Waals surface area contributed by atoms with Crippen molar-refractivity contribution in [2.24, 2.45) is 0 Å². The van der Waals surface area contributed by atoms with Crippen molar-refractivity contribution in [3.8, 4) is 11.3 Å². The summed E-state index contributed by atoms with van der Waals surface area (Å²) in [5.74, 6) is 0.754. The zero-order valence-electron chi connectivity index (χ0n) is 16.1. The van der Waals surface area contributed by atoms with E-state index >= 15 is 0 Å². The minimum atomic E-state index is -0.392. The first-order chi connectivity index (χ1) is 13.2. The van der Waals surface area contributed by atoms with Gasteiger partial charge in [0, 0.05) is 29.0 Å². The minimum Gasteiger partial charge on any atom is -0.469 e. The molecular weight excluding hydrogens is 359 g/mol. The number of hydrogen-bond acceptors (Lipinski definition) is 4. The summed E-state index contributed by atoms with van der Waals surface area (Å²) in [5, 5.41) is 13.0. The van der Waals surface area contributed by atoms with Gasteiger partial charge in [-0.3, -0.25) is 9.89 Å². The first kappa shape index (κ1) is 18.0. The number of amides is 1. The van der Waals surface area contributed by atoms with Gasteiger partial charge in [-0.05, 0) is 30.5 Å². The maximum absolute atomic E-state index is 13.3. The number of benzene rings is 1. The van der Waals surface area contributed by atoms with Crippen LogP contribution in [0.1, 0.15) is 37.7 Å². The van der Waals surface area contributed by atoms with Gasteiger partial charge in [0.1, 0.15) is 17.4 Å². The summed E-state index contributed by atoms with van der Waals surface area (Å²) in [4.78, 5) is 12.2. The predicted octanol–water partition coefficient (Wildman–Crippen LogP) is 4.82. The molecule has 3 heterocycles. The monoisotopic (exact) mass is 380 g/mol. The molecule has 4 rings (SSSR count). The molecule has 3 aromatic rings. The fourth-order valence-corrected chi connectivity index (χ4v) is 3.31. The van der Waals surface area contributed by atoms with Crippen molar-refractivity contribution in [1.82, 2.24) is 10.2 Å². The highest BCUT2D eigenvalue weighted by molar-refractivity contribution is 6.31. The van der Waals surface area contributed by atoms with Crippen LogP contribution in [0.25, 0.3) is 16.8 Å². The topological polar surface area (TPSA) is 83.0 Å². The smallest absolute Gasteiger partial charge is 0.257 e. The average Bonchev–Trinajstić information content (AvgIpc) is 3.28. The predicted molar refractivity (Wildman–Crippen MR) is 106 cm³/mol. The van der Waals surface area contributed by atoms with Crippen LogP contribution >= 0.6 is 0 Å². The summed E-state index contributed by atoms with van der Waals surface area (Å²) in [6.07, 6.45) is 3.36. The highest BCUT2D eigenvalue weighted by Crippen LogP contribution is 2.37. The van der Waals surface area contributed by atoms with Crippen LogP contribution in [-0.4, -0.2) is 16.1 Å². The normalized spacial score (nSPS) is 15.0. The molecule has 0 fully saturated rings. The molecule has 2 aromatic heterocycles. The molecule has 7 heteroatoms. The molecule has 3 N–H and O–H groups in total. The zero-order chi connectivity index (χ0) is 20.1. The Balaban J connectivity index is 1.62. The van der Waals surface area contributed by atoms with Gasteiger partial charge in [0.05, 0.1) is 23.2 Å². The lowest BCUT2D eigenvalue weighted by Crippen LogP contribution is -2.11. The number of nitrogens with zero attached hydrogens (tertiary/aromatic N) is 1. The lowest BCUT2D eigenvalue weighted by atomic mass is 9.85. The molecule has 1 aromatic carbocycles. The number of carbonyl (C=O) groups is 1. The Morgan fingerprint density at radius 1 is 1.25 bits per heavy atom. The van der Waals surface area contributed by atoms with Gasteiger partial charge in [0.2, 0.25) is 0 Å². The van der Waals surface area contributed by atoms with Crippen LogP contribution in [0.5, 0.6) is 0 Å². The molecule has 6 nitrogen and oxygen atoms in total.